The highest BCUT2D eigenvalue weighted by Gasteiger charge is 2.28. The summed E-state index contributed by atoms with van der Waals surface area (Å²) in [6.07, 6.45) is 2.32. The van der Waals surface area contributed by atoms with Crippen molar-refractivity contribution in [2.45, 2.75) is 31.9 Å². The molecule has 0 radical (unpaired) electrons. The fourth-order valence-corrected chi connectivity index (χ4v) is 2.86. The molecule has 1 unspecified atom stereocenters. The second-order valence-electron chi connectivity index (χ2n) is 4.97. The van der Waals surface area contributed by atoms with E-state index < -0.39 is 0 Å². The Balaban J connectivity index is 1.85. The van der Waals surface area contributed by atoms with E-state index in [9.17, 15) is 0 Å². The van der Waals surface area contributed by atoms with E-state index >= 15 is 0 Å². The van der Waals surface area contributed by atoms with Crippen molar-refractivity contribution in [3.8, 4) is 5.75 Å². The Kier molecular flexibility index (Phi) is 4.65. The van der Waals surface area contributed by atoms with Crippen molar-refractivity contribution < 1.29 is 9.47 Å². The summed E-state index contributed by atoms with van der Waals surface area (Å²) in [6.45, 7) is 4.82. The summed E-state index contributed by atoms with van der Waals surface area (Å²) in [5.74, 6) is 0.866. The Morgan fingerprint density at radius 3 is 2.94 bits per heavy atom. The number of hydrogen-bond acceptors (Lipinski definition) is 3. The first-order chi connectivity index (χ1) is 8.63. The van der Waals surface area contributed by atoms with Crippen LogP contribution in [0.25, 0.3) is 0 Å². The van der Waals surface area contributed by atoms with Gasteiger partial charge in [-0.2, -0.15) is 0 Å². The van der Waals surface area contributed by atoms with Gasteiger partial charge in [0, 0.05) is 19.7 Å². The van der Waals surface area contributed by atoms with Crippen molar-refractivity contribution in [3.05, 3.63) is 28.2 Å². The van der Waals surface area contributed by atoms with Crippen LogP contribution in [0, 0.1) is 0 Å². The molecular formula is C14H20BrNO2. The van der Waals surface area contributed by atoms with Crippen LogP contribution in [-0.4, -0.2) is 25.9 Å². The third kappa shape index (κ3) is 3.46. The van der Waals surface area contributed by atoms with E-state index in [2.05, 4.69) is 40.3 Å². The lowest BCUT2D eigenvalue weighted by Gasteiger charge is -2.23. The molecule has 100 valence electrons. The molecule has 1 aliphatic rings. The largest absolute Gasteiger partial charge is 0.496 e. The van der Waals surface area contributed by atoms with E-state index in [0.717, 1.165) is 36.3 Å². The molecule has 4 heteroatoms. The first-order valence-electron chi connectivity index (χ1n) is 6.30. The van der Waals surface area contributed by atoms with Crippen LogP contribution in [0.15, 0.2) is 22.7 Å². The highest BCUT2D eigenvalue weighted by molar-refractivity contribution is 9.10. The predicted molar refractivity (Wildman–Crippen MR) is 76.0 cm³/mol. The van der Waals surface area contributed by atoms with Crippen LogP contribution in [-0.2, 0) is 11.3 Å². The van der Waals surface area contributed by atoms with Crippen LogP contribution in [0.1, 0.15) is 25.3 Å². The van der Waals surface area contributed by atoms with E-state index in [4.69, 9.17) is 9.47 Å². The molecule has 18 heavy (non-hydrogen) atoms. The van der Waals surface area contributed by atoms with Crippen LogP contribution < -0.4 is 10.1 Å². The maximum atomic E-state index is 5.75. The second-order valence-corrected chi connectivity index (χ2v) is 5.83. The minimum Gasteiger partial charge on any atom is -0.496 e. The zero-order chi connectivity index (χ0) is 13.0. The maximum absolute atomic E-state index is 5.75. The van der Waals surface area contributed by atoms with Gasteiger partial charge in [0.05, 0.1) is 17.2 Å². The standard InChI is InChI=1S/C14H20BrNO2/c1-14(6-3-7-18-14)10-16-9-11-4-5-13(17-2)12(15)8-11/h4-5,8,16H,3,6-7,9-10H2,1-2H3. The van der Waals surface area contributed by atoms with E-state index in [1.165, 1.54) is 12.0 Å². The average molecular weight is 314 g/mol. The highest BCUT2D eigenvalue weighted by Crippen LogP contribution is 2.26. The van der Waals surface area contributed by atoms with Crippen molar-refractivity contribution in [2.75, 3.05) is 20.3 Å². The van der Waals surface area contributed by atoms with Crippen molar-refractivity contribution in [2.24, 2.45) is 0 Å². The highest BCUT2D eigenvalue weighted by atomic mass is 79.9. The topological polar surface area (TPSA) is 30.5 Å². The van der Waals surface area contributed by atoms with Gasteiger partial charge in [0.1, 0.15) is 5.75 Å². The molecule has 3 nitrogen and oxygen atoms in total. The zero-order valence-corrected chi connectivity index (χ0v) is 12.5. The van der Waals surface area contributed by atoms with E-state index in [0.29, 0.717) is 0 Å². The summed E-state index contributed by atoms with van der Waals surface area (Å²) in [5.41, 5.74) is 1.26. The van der Waals surface area contributed by atoms with Crippen molar-refractivity contribution in [1.29, 1.82) is 0 Å². The Morgan fingerprint density at radius 2 is 2.33 bits per heavy atom. The summed E-state index contributed by atoms with van der Waals surface area (Å²) < 4.78 is 12.0. The first kappa shape index (κ1) is 13.8. The van der Waals surface area contributed by atoms with Crippen LogP contribution in [0.2, 0.25) is 0 Å². The molecule has 0 bridgehead atoms. The Labute approximate surface area is 117 Å². The smallest absolute Gasteiger partial charge is 0.133 e. The summed E-state index contributed by atoms with van der Waals surface area (Å²) in [4.78, 5) is 0. The molecule has 0 saturated carbocycles. The van der Waals surface area contributed by atoms with Crippen LogP contribution in [0.5, 0.6) is 5.75 Å². The molecule has 1 aromatic rings. The fourth-order valence-electron chi connectivity index (χ4n) is 2.27. The normalized spacial score (nSPS) is 23.3. The van der Waals surface area contributed by atoms with Gasteiger partial charge in [-0.3, -0.25) is 0 Å². The Bertz CT molecular complexity index is 403. The molecule has 1 atom stereocenters. The molecule has 1 fully saturated rings. The number of rotatable bonds is 5. The SMILES string of the molecule is COc1ccc(CNCC2(C)CCCO2)cc1Br. The Hall–Kier alpha value is -0.580. The summed E-state index contributed by atoms with van der Waals surface area (Å²) in [7, 11) is 1.68. The van der Waals surface area contributed by atoms with Gasteiger partial charge < -0.3 is 14.8 Å². The van der Waals surface area contributed by atoms with Gasteiger partial charge in [-0.25, -0.2) is 0 Å². The van der Waals surface area contributed by atoms with Crippen LogP contribution in [0.4, 0.5) is 0 Å². The molecule has 1 aromatic carbocycles. The molecule has 1 aliphatic heterocycles. The zero-order valence-electron chi connectivity index (χ0n) is 11.0. The number of halogens is 1. The molecule has 0 aromatic heterocycles. The van der Waals surface area contributed by atoms with Gasteiger partial charge in [0.15, 0.2) is 0 Å². The lowest BCUT2D eigenvalue weighted by Crippen LogP contribution is -2.36. The van der Waals surface area contributed by atoms with Gasteiger partial charge in [-0.1, -0.05) is 6.07 Å². The third-order valence-corrected chi connectivity index (χ3v) is 3.96. The lowest BCUT2D eigenvalue weighted by molar-refractivity contribution is 0.0207. The van der Waals surface area contributed by atoms with Gasteiger partial charge in [-0.05, 0) is 53.4 Å². The molecule has 1 heterocycles. The number of benzene rings is 1. The average Bonchev–Trinajstić information content (AvgIpc) is 2.77. The number of methoxy groups -OCH3 is 1. The van der Waals surface area contributed by atoms with Gasteiger partial charge in [0.25, 0.3) is 0 Å². The monoisotopic (exact) mass is 313 g/mol. The molecule has 1 saturated heterocycles. The van der Waals surface area contributed by atoms with Crippen molar-refractivity contribution in [3.63, 3.8) is 0 Å². The minimum absolute atomic E-state index is 0.0176. The van der Waals surface area contributed by atoms with E-state index in [1.807, 2.05) is 6.07 Å². The molecule has 2 rings (SSSR count). The molecule has 0 aliphatic carbocycles. The summed E-state index contributed by atoms with van der Waals surface area (Å²) in [6, 6.07) is 6.15. The lowest BCUT2D eigenvalue weighted by atomic mass is 10.0. The molecule has 1 N–H and O–H groups in total. The third-order valence-electron chi connectivity index (χ3n) is 3.34. The number of hydrogen-bond donors (Lipinski definition) is 1. The molecule has 0 spiro atoms. The number of ether oxygens (including phenoxy) is 2. The maximum Gasteiger partial charge on any atom is 0.133 e. The quantitative estimate of drug-likeness (QED) is 0.906. The van der Waals surface area contributed by atoms with E-state index in [-0.39, 0.29) is 5.60 Å². The first-order valence-corrected chi connectivity index (χ1v) is 7.09. The number of nitrogens with one attached hydrogen (secondary N) is 1. The van der Waals surface area contributed by atoms with Crippen molar-refractivity contribution in [1.82, 2.24) is 5.32 Å². The minimum atomic E-state index is 0.0176. The van der Waals surface area contributed by atoms with Crippen LogP contribution in [0.3, 0.4) is 0 Å². The van der Waals surface area contributed by atoms with Gasteiger partial charge in [-0.15, -0.1) is 0 Å². The Morgan fingerprint density at radius 1 is 1.50 bits per heavy atom. The summed E-state index contributed by atoms with van der Waals surface area (Å²) in [5, 5.41) is 3.46. The molecule has 0 amide bonds. The van der Waals surface area contributed by atoms with E-state index in [1.54, 1.807) is 7.11 Å². The predicted octanol–water partition coefficient (Wildman–Crippen LogP) is 3.12. The summed E-state index contributed by atoms with van der Waals surface area (Å²) >= 11 is 3.50. The van der Waals surface area contributed by atoms with Crippen LogP contribution >= 0.6 is 15.9 Å². The fraction of sp³-hybridized carbons (Fsp3) is 0.571. The van der Waals surface area contributed by atoms with Gasteiger partial charge in [0.2, 0.25) is 0 Å². The molecular weight excluding hydrogens is 294 g/mol. The second kappa shape index (κ2) is 6.04. The van der Waals surface area contributed by atoms with Crippen molar-refractivity contribution >= 4 is 15.9 Å². The van der Waals surface area contributed by atoms with Gasteiger partial charge >= 0.3 is 0 Å².